The molecule has 1 N–H and O–H groups in total. The fourth-order valence-corrected chi connectivity index (χ4v) is 3.42. The SMILES string of the molecule is COc1cncc(C2CCCCCC2CNC2CC2)c1. The van der Waals surface area contributed by atoms with Crippen LogP contribution in [0, 0.1) is 5.92 Å². The predicted octanol–water partition coefficient (Wildman–Crippen LogP) is 3.51. The highest BCUT2D eigenvalue weighted by Crippen LogP contribution is 2.37. The summed E-state index contributed by atoms with van der Waals surface area (Å²) in [5.41, 5.74) is 1.37. The van der Waals surface area contributed by atoms with E-state index in [2.05, 4.69) is 16.4 Å². The summed E-state index contributed by atoms with van der Waals surface area (Å²) in [7, 11) is 1.72. The highest BCUT2D eigenvalue weighted by atomic mass is 16.5. The van der Waals surface area contributed by atoms with Gasteiger partial charge in [0.25, 0.3) is 0 Å². The molecule has 1 aromatic rings. The van der Waals surface area contributed by atoms with Crippen LogP contribution in [0.3, 0.4) is 0 Å². The van der Waals surface area contributed by atoms with Crippen molar-refractivity contribution in [1.82, 2.24) is 10.3 Å². The highest BCUT2D eigenvalue weighted by molar-refractivity contribution is 5.27. The quantitative estimate of drug-likeness (QED) is 0.834. The normalized spacial score (nSPS) is 27.1. The van der Waals surface area contributed by atoms with Crippen LogP contribution in [0.2, 0.25) is 0 Å². The molecule has 0 bridgehead atoms. The summed E-state index contributed by atoms with van der Waals surface area (Å²) < 4.78 is 5.34. The van der Waals surface area contributed by atoms with Gasteiger partial charge in [-0.1, -0.05) is 19.3 Å². The molecule has 1 aromatic heterocycles. The molecule has 0 aromatic carbocycles. The zero-order chi connectivity index (χ0) is 13.8. The average Bonchev–Trinajstić information content (AvgIpc) is 3.32. The lowest BCUT2D eigenvalue weighted by Crippen LogP contribution is -2.28. The minimum Gasteiger partial charge on any atom is -0.495 e. The van der Waals surface area contributed by atoms with Crippen LogP contribution in [0.15, 0.2) is 18.5 Å². The van der Waals surface area contributed by atoms with Crippen molar-refractivity contribution in [3.63, 3.8) is 0 Å². The van der Waals surface area contributed by atoms with E-state index in [1.165, 1.54) is 57.1 Å². The lowest BCUT2D eigenvalue weighted by atomic mass is 9.83. The Hall–Kier alpha value is -1.09. The molecule has 2 aliphatic carbocycles. The fourth-order valence-electron chi connectivity index (χ4n) is 3.42. The Morgan fingerprint density at radius 2 is 2.00 bits per heavy atom. The highest BCUT2D eigenvalue weighted by Gasteiger charge is 2.28. The van der Waals surface area contributed by atoms with Crippen LogP contribution < -0.4 is 10.1 Å². The third-order valence-electron chi connectivity index (χ3n) is 4.80. The number of hydrogen-bond donors (Lipinski definition) is 1. The van der Waals surface area contributed by atoms with Crippen molar-refractivity contribution in [3.05, 3.63) is 24.0 Å². The molecular weight excluding hydrogens is 248 g/mol. The molecule has 2 unspecified atom stereocenters. The monoisotopic (exact) mass is 274 g/mol. The first-order chi connectivity index (χ1) is 9.86. The third-order valence-corrected chi connectivity index (χ3v) is 4.80. The van der Waals surface area contributed by atoms with E-state index in [9.17, 15) is 0 Å². The molecule has 0 amide bonds. The lowest BCUT2D eigenvalue weighted by molar-refractivity contribution is 0.370. The number of hydrogen-bond acceptors (Lipinski definition) is 3. The van der Waals surface area contributed by atoms with Crippen molar-refractivity contribution in [2.45, 2.75) is 56.9 Å². The average molecular weight is 274 g/mol. The van der Waals surface area contributed by atoms with Crippen LogP contribution in [-0.2, 0) is 0 Å². The van der Waals surface area contributed by atoms with Crippen molar-refractivity contribution in [2.75, 3.05) is 13.7 Å². The van der Waals surface area contributed by atoms with E-state index in [1.807, 2.05) is 6.20 Å². The second-order valence-electron chi connectivity index (χ2n) is 6.35. The summed E-state index contributed by atoms with van der Waals surface area (Å²) in [4.78, 5) is 4.36. The minimum atomic E-state index is 0.645. The Bertz CT molecular complexity index is 431. The molecule has 2 aliphatic rings. The molecule has 110 valence electrons. The zero-order valence-corrected chi connectivity index (χ0v) is 12.5. The van der Waals surface area contributed by atoms with Crippen LogP contribution >= 0.6 is 0 Å². The fraction of sp³-hybridized carbons (Fsp3) is 0.706. The molecule has 0 spiro atoms. The van der Waals surface area contributed by atoms with Gasteiger partial charge in [0.1, 0.15) is 5.75 Å². The molecule has 3 rings (SSSR count). The molecule has 0 saturated heterocycles. The van der Waals surface area contributed by atoms with Gasteiger partial charge in [0.15, 0.2) is 0 Å². The van der Waals surface area contributed by atoms with E-state index in [1.54, 1.807) is 13.3 Å². The Morgan fingerprint density at radius 3 is 2.80 bits per heavy atom. The van der Waals surface area contributed by atoms with E-state index < -0.39 is 0 Å². The summed E-state index contributed by atoms with van der Waals surface area (Å²) in [6.45, 7) is 1.17. The van der Waals surface area contributed by atoms with Crippen LogP contribution in [0.25, 0.3) is 0 Å². The summed E-state index contributed by atoms with van der Waals surface area (Å²) >= 11 is 0. The lowest BCUT2D eigenvalue weighted by Gasteiger charge is -2.26. The van der Waals surface area contributed by atoms with Gasteiger partial charge in [0.2, 0.25) is 0 Å². The van der Waals surface area contributed by atoms with Gasteiger partial charge in [-0.3, -0.25) is 4.98 Å². The van der Waals surface area contributed by atoms with Crippen molar-refractivity contribution >= 4 is 0 Å². The molecule has 2 saturated carbocycles. The molecular formula is C17H26N2O. The van der Waals surface area contributed by atoms with E-state index in [0.29, 0.717) is 5.92 Å². The van der Waals surface area contributed by atoms with Gasteiger partial charge in [-0.2, -0.15) is 0 Å². The first-order valence-corrected chi connectivity index (χ1v) is 8.09. The second kappa shape index (κ2) is 6.57. The maximum absolute atomic E-state index is 5.34. The number of nitrogens with zero attached hydrogens (tertiary/aromatic N) is 1. The molecule has 1 heterocycles. The topological polar surface area (TPSA) is 34.1 Å². The molecule has 20 heavy (non-hydrogen) atoms. The van der Waals surface area contributed by atoms with Gasteiger partial charge in [-0.25, -0.2) is 0 Å². The third kappa shape index (κ3) is 3.51. The van der Waals surface area contributed by atoms with Crippen LogP contribution in [0.5, 0.6) is 5.75 Å². The molecule has 2 atom stereocenters. The molecule has 0 aliphatic heterocycles. The largest absolute Gasteiger partial charge is 0.495 e. The van der Waals surface area contributed by atoms with Crippen LogP contribution in [0.1, 0.15) is 56.4 Å². The number of rotatable bonds is 5. The number of methoxy groups -OCH3 is 1. The first-order valence-electron chi connectivity index (χ1n) is 8.09. The summed E-state index contributed by atoms with van der Waals surface area (Å²) in [5, 5.41) is 3.73. The van der Waals surface area contributed by atoms with Crippen molar-refractivity contribution in [1.29, 1.82) is 0 Å². The summed E-state index contributed by atoms with van der Waals surface area (Å²) in [5.74, 6) is 2.29. The van der Waals surface area contributed by atoms with Crippen molar-refractivity contribution in [2.24, 2.45) is 5.92 Å². The summed E-state index contributed by atoms with van der Waals surface area (Å²) in [6.07, 6.45) is 13.4. The van der Waals surface area contributed by atoms with E-state index >= 15 is 0 Å². The standard InChI is InChI=1S/C17H26N2O/c1-20-16-9-14(10-18-12-16)17-6-4-2-3-5-13(17)11-19-15-7-8-15/h9-10,12-13,15,17,19H,2-8,11H2,1H3. The van der Waals surface area contributed by atoms with Gasteiger partial charge in [0, 0.05) is 12.2 Å². The van der Waals surface area contributed by atoms with Crippen molar-refractivity contribution in [3.8, 4) is 5.75 Å². The molecule has 3 heteroatoms. The molecule has 3 nitrogen and oxygen atoms in total. The second-order valence-corrected chi connectivity index (χ2v) is 6.35. The van der Waals surface area contributed by atoms with E-state index in [4.69, 9.17) is 4.74 Å². The zero-order valence-electron chi connectivity index (χ0n) is 12.5. The minimum absolute atomic E-state index is 0.645. The van der Waals surface area contributed by atoms with Gasteiger partial charge in [-0.05, 0) is 55.7 Å². The van der Waals surface area contributed by atoms with Crippen LogP contribution in [-0.4, -0.2) is 24.7 Å². The summed E-state index contributed by atoms with van der Waals surface area (Å²) in [6, 6.07) is 3.00. The van der Waals surface area contributed by atoms with Gasteiger partial charge in [0.05, 0.1) is 13.3 Å². The Labute approximate surface area is 122 Å². The van der Waals surface area contributed by atoms with E-state index in [-0.39, 0.29) is 0 Å². The Morgan fingerprint density at radius 1 is 1.15 bits per heavy atom. The smallest absolute Gasteiger partial charge is 0.137 e. The van der Waals surface area contributed by atoms with Crippen LogP contribution in [0.4, 0.5) is 0 Å². The van der Waals surface area contributed by atoms with Gasteiger partial charge >= 0.3 is 0 Å². The van der Waals surface area contributed by atoms with E-state index in [0.717, 1.165) is 17.7 Å². The molecule has 0 radical (unpaired) electrons. The number of ether oxygens (including phenoxy) is 1. The Balaban J connectivity index is 1.73. The molecule has 2 fully saturated rings. The van der Waals surface area contributed by atoms with Gasteiger partial charge in [-0.15, -0.1) is 0 Å². The number of nitrogens with one attached hydrogen (secondary N) is 1. The maximum Gasteiger partial charge on any atom is 0.137 e. The Kier molecular flexibility index (Phi) is 4.56. The van der Waals surface area contributed by atoms with Gasteiger partial charge < -0.3 is 10.1 Å². The van der Waals surface area contributed by atoms with Crippen molar-refractivity contribution < 1.29 is 4.74 Å². The maximum atomic E-state index is 5.34. The number of pyridine rings is 1. The number of aromatic nitrogens is 1. The predicted molar refractivity (Wildman–Crippen MR) is 81.1 cm³/mol. The first kappa shape index (κ1) is 13.9.